The smallest absolute Gasteiger partial charge is 0.190 e. The summed E-state index contributed by atoms with van der Waals surface area (Å²) in [6.45, 7) is 0. The monoisotopic (exact) mass is 396 g/mol. The van der Waals surface area contributed by atoms with E-state index in [1.807, 2.05) is 60.7 Å². The number of carbonyl (C=O) groups is 1. The highest BCUT2D eigenvalue weighted by Crippen LogP contribution is 2.40. The first-order chi connectivity index (χ1) is 14.7. The molecule has 3 aromatic rings. The molecule has 30 heavy (non-hydrogen) atoms. The maximum atomic E-state index is 13.6. The average Bonchev–Trinajstić information content (AvgIpc) is 3.41. The first-order valence-corrected chi connectivity index (χ1v) is 10.6. The maximum Gasteiger partial charge on any atom is 0.190 e. The van der Waals surface area contributed by atoms with Crippen LogP contribution < -0.4 is 4.74 Å². The molecule has 0 aliphatic heterocycles. The number of ether oxygens (including phenoxy) is 1. The molecular formula is C27H24O3. The van der Waals surface area contributed by atoms with Gasteiger partial charge in [-0.25, -0.2) is 0 Å². The van der Waals surface area contributed by atoms with Crippen molar-refractivity contribution >= 4 is 11.4 Å². The number of aromatic hydroxyl groups is 1. The van der Waals surface area contributed by atoms with Crippen LogP contribution in [0, 0.1) is 0 Å². The minimum Gasteiger partial charge on any atom is -0.508 e. The second-order valence-corrected chi connectivity index (χ2v) is 8.12. The van der Waals surface area contributed by atoms with Gasteiger partial charge in [-0.05, 0) is 72.2 Å². The number of carbonyl (C=O) groups excluding carboxylic acids is 1. The second kappa shape index (κ2) is 7.83. The van der Waals surface area contributed by atoms with Gasteiger partial charge in [-0.1, -0.05) is 48.5 Å². The van der Waals surface area contributed by atoms with Crippen molar-refractivity contribution in [1.82, 2.24) is 0 Å². The van der Waals surface area contributed by atoms with Crippen molar-refractivity contribution in [1.29, 1.82) is 0 Å². The highest BCUT2D eigenvalue weighted by molar-refractivity contribution is 6.16. The van der Waals surface area contributed by atoms with Gasteiger partial charge >= 0.3 is 0 Å². The molecule has 0 amide bonds. The zero-order chi connectivity index (χ0) is 20.5. The zero-order valence-corrected chi connectivity index (χ0v) is 16.8. The van der Waals surface area contributed by atoms with Gasteiger partial charge in [-0.3, -0.25) is 4.79 Å². The van der Waals surface area contributed by atoms with Crippen LogP contribution in [0.3, 0.4) is 0 Å². The highest BCUT2D eigenvalue weighted by atomic mass is 16.5. The molecule has 0 bridgehead atoms. The summed E-state index contributed by atoms with van der Waals surface area (Å²) < 4.78 is 6.12. The Morgan fingerprint density at radius 3 is 2.50 bits per heavy atom. The van der Waals surface area contributed by atoms with Crippen molar-refractivity contribution < 1.29 is 14.6 Å². The normalized spacial score (nSPS) is 16.0. The Balaban J connectivity index is 1.53. The molecule has 5 rings (SSSR count). The lowest BCUT2D eigenvalue weighted by Gasteiger charge is -2.14. The van der Waals surface area contributed by atoms with Crippen molar-refractivity contribution in [3.63, 3.8) is 0 Å². The fraction of sp³-hybridized carbons (Fsp3) is 0.222. The molecule has 2 aliphatic carbocycles. The van der Waals surface area contributed by atoms with E-state index in [1.54, 1.807) is 12.1 Å². The first kappa shape index (κ1) is 18.7. The van der Waals surface area contributed by atoms with Crippen LogP contribution in [0.4, 0.5) is 0 Å². The van der Waals surface area contributed by atoms with Crippen molar-refractivity contribution in [2.75, 3.05) is 0 Å². The summed E-state index contributed by atoms with van der Waals surface area (Å²) >= 11 is 0. The SMILES string of the molecule is O=C(C1=C(c2ccccc2)c2ccc(O)cc2C1)c1cccc(OC2CCCC2)c1. The number of fused-ring (bicyclic) bond motifs is 1. The van der Waals surface area contributed by atoms with E-state index >= 15 is 0 Å². The van der Waals surface area contributed by atoms with Crippen molar-refractivity contribution in [2.45, 2.75) is 38.2 Å². The lowest BCUT2D eigenvalue weighted by molar-refractivity contribution is 0.103. The molecule has 0 spiro atoms. The van der Waals surface area contributed by atoms with E-state index in [4.69, 9.17) is 4.74 Å². The van der Waals surface area contributed by atoms with Gasteiger partial charge in [0.05, 0.1) is 6.10 Å². The van der Waals surface area contributed by atoms with Crippen LogP contribution in [-0.4, -0.2) is 17.0 Å². The Hall–Kier alpha value is -3.33. The van der Waals surface area contributed by atoms with Gasteiger partial charge in [-0.2, -0.15) is 0 Å². The van der Waals surface area contributed by atoms with Gasteiger partial charge in [0.2, 0.25) is 0 Å². The molecule has 0 aromatic heterocycles. The maximum absolute atomic E-state index is 13.6. The molecule has 0 atom stereocenters. The number of rotatable bonds is 5. The van der Waals surface area contributed by atoms with Crippen LogP contribution in [0.5, 0.6) is 11.5 Å². The lowest BCUT2D eigenvalue weighted by atomic mass is 9.94. The standard InChI is InChI=1S/C27H24O3/c28-21-13-14-24-20(15-21)17-25(26(24)18-7-2-1-3-8-18)27(29)19-9-6-12-23(16-19)30-22-10-4-5-11-22/h1-3,6-9,12-16,22,28H,4-5,10-11,17H2. The molecule has 3 aromatic carbocycles. The Morgan fingerprint density at radius 1 is 0.900 bits per heavy atom. The molecular weight excluding hydrogens is 372 g/mol. The van der Waals surface area contributed by atoms with Crippen LogP contribution in [0.25, 0.3) is 5.57 Å². The third kappa shape index (κ3) is 3.52. The van der Waals surface area contributed by atoms with Crippen molar-refractivity contribution in [3.8, 4) is 11.5 Å². The van der Waals surface area contributed by atoms with E-state index in [2.05, 4.69) is 0 Å². The number of phenols is 1. The lowest BCUT2D eigenvalue weighted by Crippen LogP contribution is -2.11. The minimum absolute atomic E-state index is 0.0152. The number of ketones is 1. The molecule has 1 saturated carbocycles. The minimum atomic E-state index is 0.0152. The zero-order valence-electron chi connectivity index (χ0n) is 16.8. The molecule has 0 heterocycles. The summed E-state index contributed by atoms with van der Waals surface area (Å²) in [7, 11) is 0. The van der Waals surface area contributed by atoms with Gasteiger partial charge in [0.1, 0.15) is 11.5 Å². The summed E-state index contributed by atoms with van der Waals surface area (Å²) in [4.78, 5) is 13.6. The summed E-state index contributed by atoms with van der Waals surface area (Å²) in [6.07, 6.45) is 5.36. The van der Waals surface area contributed by atoms with Crippen LogP contribution >= 0.6 is 0 Å². The van der Waals surface area contributed by atoms with Gasteiger partial charge in [0.25, 0.3) is 0 Å². The summed E-state index contributed by atoms with van der Waals surface area (Å²) in [5, 5.41) is 9.95. The van der Waals surface area contributed by atoms with E-state index < -0.39 is 0 Å². The Morgan fingerprint density at radius 2 is 1.70 bits per heavy atom. The fourth-order valence-electron chi connectivity index (χ4n) is 4.62. The fourth-order valence-corrected chi connectivity index (χ4v) is 4.62. The number of hydrogen-bond acceptors (Lipinski definition) is 3. The number of benzene rings is 3. The third-order valence-corrected chi connectivity index (χ3v) is 6.06. The van der Waals surface area contributed by atoms with Crippen molar-refractivity contribution in [3.05, 3.63) is 101 Å². The average molecular weight is 396 g/mol. The highest BCUT2D eigenvalue weighted by Gasteiger charge is 2.28. The quantitative estimate of drug-likeness (QED) is 0.542. The van der Waals surface area contributed by atoms with E-state index in [0.717, 1.165) is 46.4 Å². The molecule has 0 saturated heterocycles. The number of phenolic OH excluding ortho intramolecular Hbond substituents is 1. The van der Waals surface area contributed by atoms with Gasteiger partial charge in [0, 0.05) is 17.6 Å². The number of allylic oxidation sites excluding steroid dienone is 1. The van der Waals surface area contributed by atoms with Gasteiger partial charge in [-0.15, -0.1) is 0 Å². The van der Waals surface area contributed by atoms with E-state index in [0.29, 0.717) is 12.0 Å². The first-order valence-electron chi connectivity index (χ1n) is 10.6. The molecule has 1 fully saturated rings. The Labute approximate surface area is 176 Å². The van der Waals surface area contributed by atoms with E-state index in [-0.39, 0.29) is 17.6 Å². The number of Topliss-reactive ketones (excluding diaryl/α,β-unsaturated/α-hetero) is 1. The van der Waals surface area contributed by atoms with Crippen LogP contribution in [-0.2, 0) is 6.42 Å². The van der Waals surface area contributed by atoms with Crippen LogP contribution in [0.15, 0.2) is 78.4 Å². The predicted molar refractivity (Wildman–Crippen MR) is 118 cm³/mol. The topological polar surface area (TPSA) is 46.5 Å². The van der Waals surface area contributed by atoms with E-state index in [1.165, 1.54) is 12.8 Å². The van der Waals surface area contributed by atoms with E-state index in [9.17, 15) is 9.90 Å². The molecule has 3 nitrogen and oxygen atoms in total. The Bertz CT molecular complexity index is 1120. The van der Waals surface area contributed by atoms with Crippen molar-refractivity contribution in [2.24, 2.45) is 0 Å². The van der Waals surface area contributed by atoms with Gasteiger partial charge in [0.15, 0.2) is 5.78 Å². The Kier molecular flexibility index (Phi) is 4.88. The molecule has 3 heteroatoms. The predicted octanol–water partition coefficient (Wildman–Crippen LogP) is 5.95. The molecule has 2 aliphatic rings. The van der Waals surface area contributed by atoms with Crippen LogP contribution in [0.2, 0.25) is 0 Å². The number of hydrogen-bond donors (Lipinski definition) is 1. The molecule has 0 unspecified atom stereocenters. The molecule has 0 radical (unpaired) electrons. The summed E-state index contributed by atoms with van der Waals surface area (Å²) in [5.41, 5.74) is 5.38. The molecule has 1 N–H and O–H groups in total. The molecule has 150 valence electrons. The summed E-state index contributed by atoms with van der Waals surface area (Å²) in [5.74, 6) is 1.01. The summed E-state index contributed by atoms with van der Waals surface area (Å²) in [6, 6.07) is 22.9. The van der Waals surface area contributed by atoms with Gasteiger partial charge < -0.3 is 9.84 Å². The largest absolute Gasteiger partial charge is 0.508 e. The second-order valence-electron chi connectivity index (χ2n) is 8.12. The third-order valence-electron chi connectivity index (χ3n) is 6.06. The van der Waals surface area contributed by atoms with Crippen LogP contribution in [0.1, 0.15) is 52.7 Å².